The van der Waals surface area contributed by atoms with Gasteiger partial charge < -0.3 is 5.73 Å². The van der Waals surface area contributed by atoms with Crippen molar-refractivity contribution >= 4 is 21.4 Å². The number of halogens is 2. The van der Waals surface area contributed by atoms with E-state index in [1.165, 1.54) is 0 Å². The Bertz CT molecular complexity index is 805. The van der Waals surface area contributed by atoms with E-state index in [2.05, 4.69) is 4.72 Å². The van der Waals surface area contributed by atoms with Gasteiger partial charge in [0.05, 0.1) is 11.4 Å². The molecule has 0 aliphatic rings. The largest absolute Gasteiger partial charge is 0.397 e. The summed E-state index contributed by atoms with van der Waals surface area (Å²) in [5.41, 5.74) is 7.88. The monoisotopic (exact) mass is 312 g/mol. The summed E-state index contributed by atoms with van der Waals surface area (Å²) < 4.78 is 53.0. The maximum atomic E-state index is 13.6. The molecular formula is C14H14F2N2O2S. The molecule has 0 fully saturated rings. The van der Waals surface area contributed by atoms with Crippen molar-refractivity contribution in [3.8, 4) is 0 Å². The summed E-state index contributed by atoms with van der Waals surface area (Å²) in [6, 6.07) is 5.43. The van der Waals surface area contributed by atoms with Crippen molar-refractivity contribution in [3.05, 3.63) is 53.1 Å². The lowest BCUT2D eigenvalue weighted by molar-refractivity contribution is 0.551. The number of hydrogen-bond acceptors (Lipinski definition) is 3. The molecule has 3 N–H and O–H groups in total. The van der Waals surface area contributed by atoms with Crippen LogP contribution in [0.5, 0.6) is 0 Å². The van der Waals surface area contributed by atoms with E-state index >= 15 is 0 Å². The predicted octanol–water partition coefficient (Wildman–Crippen LogP) is 2.96. The Balaban J connectivity index is 2.45. The molecule has 2 rings (SSSR count). The molecule has 0 atom stereocenters. The highest BCUT2D eigenvalue weighted by Gasteiger charge is 2.20. The molecule has 7 heteroatoms. The van der Waals surface area contributed by atoms with Crippen molar-refractivity contribution < 1.29 is 17.2 Å². The molecule has 112 valence electrons. The molecule has 0 saturated carbocycles. The maximum Gasteiger partial charge on any atom is 0.264 e. The topological polar surface area (TPSA) is 72.2 Å². The van der Waals surface area contributed by atoms with Gasteiger partial charge in [0.1, 0.15) is 16.5 Å². The average Bonchev–Trinajstić information content (AvgIpc) is 2.35. The Morgan fingerprint density at radius 1 is 1.05 bits per heavy atom. The van der Waals surface area contributed by atoms with Crippen molar-refractivity contribution in [1.82, 2.24) is 0 Å². The number of nitrogens with two attached hydrogens (primary N) is 1. The Hall–Kier alpha value is -2.15. The lowest BCUT2D eigenvalue weighted by Crippen LogP contribution is -2.16. The van der Waals surface area contributed by atoms with Gasteiger partial charge in [-0.1, -0.05) is 0 Å². The first-order valence-electron chi connectivity index (χ1n) is 6.05. The third kappa shape index (κ3) is 3.13. The quantitative estimate of drug-likeness (QED) is 0.856. The Labute approximate surface area is 121 Å². The molecule has 0 aliphatic carbocycles. The minimum absolute atomic E-state index is 0.154. The van der Waals surface area contributed by atoms with Gasteiger partial charge in [0.15, 0.2) is 0 Å². The second-order valence-electron chi connectivity index (χ2n) is 4.70. The van der Waals surface area contributed by atoms with Gasteiger partial charge in [-0.05, 0) is 49.2 Å². The molecule has 21 heavy (non-hydrogen) atoms. The van der Waals surface area contributed by atoms with Gasteiger partial charge >= 0.3 is 0 Å². The highest BCUT2D eigenvalue weighted by molar-refractivity contribution is 7.92. The number of anilines is 2. The highest BCUT2D eigenvalue weighted by atomic mass is 32.2. The molecule has 4 nitrogen and oxygen atoms in total. The van der Waals surface area contributed by atoms with Crippen LogP contribution in [0.4, 0.5) is 20.2 Å². The van der Waals surface area contributed by atoms with Crippen LogP contribution in [0.1, 0.15) is 11.1 Å². The first kappa shape index (κ1) is 15.2. The molecule has 0 unspecified atom stereocenters. The fourth-order valence-corrected chi connectivity index (χ4v) is 2.96. The van der Waals surface area contributed by atoms with Gasteiger partial charge in [-0.15, -0.1) is 0 Å². The molecule has 2 aromatic carbocycles. The number of nitrogen functional groups attached to an aromatic ring is 1. The second kappa shape index (κ2) is 5.33. The molecule has 0 heterocycles. The molecule has 0 bridgehead atoms. The highest BCUT2D eigenvalue weighted by Crippen LogP contribution is 2.26. The zero-order valence-corrected chi connectivity index (χ0v) is 12.3. The lowest BCUT2D eigenvalue weighted by Gasteiger charge is -2.13. The van der Waals surface area contributed by atoms with Gasteiger partial charge in [-0.2, -0.15) is 0 Å². The van der Waals surface area contributed by atoms with Crippen LogP contribution >= 0.6 is 0 Å². The predicted molar refractivity (Wildman–Crippen MR) is 77.5 cm³/mol. The molecular weight excluding hydrogens is 298 g/mol. The maximum absolute atomic E-state index is 13.6. The van der Waals surface area contributed by atoms with Crippen molar-refractivity contribution in [2.45, 2.75) is 18.7 Å². The molecule has 0 radical (unpaired) electrons. The average molecular weight is 312 g/mol. The smallest absolute Gasteiger partial charge is 0.264 e. The number of sulfonamides is 1. The van der Waals surface area contributed by atoms with E-state index < -0.39 is 26.6 Å². The van der Waals surface area contributed by atoms with E-state index in [1.54, 1.807) is 19.1 Å². The Morgan fingerprint density at radius 2 is 1.67 bits per heavy atom. The summed E-state index contributed by atoms with van der Waals surface area (Å²) in [6.45, 7) is 3.63. The number of rotatable bonds is 3. The van der Waals surface area contributed by atoms with Crippen LogP contribution in [0.2, 0.25) is 0 Å². The zero-order valence-electron chi connectivity index (χ0n) is 11.4. The molecule has 0 amide bonds. The van der Waals surface area contributed by atoms with Crippen molar-refractivity contribution in [3.63, 3.8) is 0 Å². The fraction of sp³-hybridized carbons (Fsp3) is 0.143. The summed E-state index contributed by atoms with van der Waals surface area (Å²) >= 11 is 0. The summed E-state index contributed by atoms with van der Waals surface area (Å²) in [4.78, 5) is -0.637. The van der Waals surface area contributed by atoms with E-state index in [0.29, 0.717) is 6.07 Å². The SMILES string of the molecule is Cc1cc(N)c(NS(=O)(=O)c2ccc(F)cc2F)cc1C. The second-order valence-corrected chi connectivity index (χ2v) is 6.35. The fourth-order valence-electron chi connectivity index (χ4n) is 1.82. The Kier molecular flexibility index (Phi) is 3.87. The molecule has 0 aromatic heterocycles. The van der Waals surface area contributed by atoms with Gasteiger partial charge in [-0.3, -0.25) is 4.72 Å². The van der Waals surface area contributed by atoms with Crippen molar-refractivity contribution in [2.75, 3.05) is 10.5 Å². The first-order chi connectivity index (χ1) is 9.70. The standard InChI is InChI=1S/C14H14F2N2O2S/c1-8-5-12(17)13(6-9(8)2)18-21(19,20)14-4-3-10(15)7-11(14)16/h3-7,18H,17H2,1-2H3. The van der Waals surface area contributed by atoms with Crippen LogP contribution in [0.3, 0.4) is 0 Å². The zero-order chi connectivity index (χ0) is 15.8. The van der Waals surface area contributed by atoms with Crippen LogP contribution in [0.15, 0.2) is 35.2 Å². The molecule has 2 aromatic rings. The minimum atomic E-state index is -4.18. The van der Waals surface area contributed by atoms with E-state index in [4.69, 9.17) is 5.73 Å². The van der Waals surface area contributed by atoms with E-state index in [1.807, 2.05) is 6.92 Å². The van der Waals surface area contributed by atoms with E-state index in [0.717, 1.165) is 23.3 Å². The third-order valence-electron chi connectivity index (χ3n) is 3.09. The van der Waals surface area contributed by atoms with Crippen LogP contribution in [0, 0.1) is 25.5 Å². The number of hydrogen-bond donors (Lipinski definition) is 2. The summed E-state index contributed by atoms with van der Waals surface area (Å²) in [7, 11) is -4.18. The summed E-state index contributed by atoms with van der Waals surface area (Å²) in [5, 5.41) is 0. The van der Waals surface area contributed by atoms with Crippen LogP contribution in [0.25, 0.3) is 0 Å². The normalized spacial score (nSPS) is 11.4. The van der Waals surface area contributed by atoms with Crippen molar-refractivity contribution in [1.29, 1.82) is 0 Å². The molecule has 0 saturated heterocycles. The minimum Gasteiger partial charge on any atom is -0.397 e. The Morgan fingerprint density at radius 3 is 2.29 bits per heavy atom. The molecule has 0 spiro atoms. The van der Waals surface area contributed by atoms with E-state index in [-0.39, 0.29) is 11.4 Å². The number of nitrogens with one attached hydrogen (secondary N) is 1. The molecule has 0 aliphatic heterocycles. The van der Waals surface area contributed by atoms with Gasteiger partial charge in [0.2, 0.25) is 0 Å². The van der Waals surface area contributed by atoms with Crippen LogP contribution in [-0.4, -0.2) is 8.42 Å². The third-order valence-corrected chi connectivity index (χ3v) is 4.49. The number of aryl methyl sites for hydroxylation is 2. The van der Waals surface area contributed by atoms with Gasteiger partial charge in [0.25, 0.3) is 10.0 Å². The van der Waals surface area contributed by atoms with Crippen LogP contribution < -0.4 is 10.5 Å². The first-order valence-corrected chi connectivity index (χ1v) is 7.53. The van der Waals surface area contributed by atoms with Crippen LogP contribution in [-0.2, 0) is 10.0 Å². The summed E-state index contributed by atoms with van der Waals surface area (Å²) in [6.07, 6.45) is 0. The van der Waals surface area contributed by atoms with Gasteiger partial charge in [0, 0.05) is 6.07 Å². The van der Waals surface area contributed by atoms with E-state index in [9.17, 15) is 17.2 Å². The lowest BCUT2D eigenvalue weighted by atomic mass is 10.1. The van der Waals surface area contributed by atoms with Crippen molar-refractivity contribution in [2.24, 2.45) is 0 Å². The van der Waals surface area contributed by atoms with Gasteiger partial charge in [-0.25, -0.2) is 17.2 Å². The number of benzene rings is 2. The summed E-state index contributed by atoms with van der Waals surface area (Å²) in [5.74, 6) is -2.01.